The van der Waals surface area contributed by atoms with E-state index >= 15 is 0 Å². The second-order valence-corrected chi connectivity index (χ2v) is 9.72. The molecular weight excluding hydrogens is 625 g/mol. The first-order chi connectivity index (χ1) is 16.7. The molecule has 3 aromatic rings. The first-order valence-electron chi connectivity index (χ1n) is 10.0. The molecule has 0 fully saturated rings. The second-order valence-electron chi connectivity index (χ2n) is 7.14. The van der Waals surface area contributed by atoms with Gasteiger partial charge in [0, 0.05) is 25.8 Å². The monoisotopic (exact) mass is 641 g/mol. The van der Waals surface area contributed by atoms with Crippen molar-refractivity contribution in [2.75, 3.05) is 12.4 Å². The predicted octanol–water partition coefficient (Wildman–Crippen LogP) is 6.50. The molecule has 0 aliphatic rings. The number of hydrogen-bond acceptors (Lipinski definition) is 5. The molecule has 0 radical (unpaired) electrons. The standard InChI is InChI=1S/C24H19Br2Cl2N3O4/c1-13-8-15(25)6-7-20(13)30-23(32)24(33)31-29-11-14-9-17(26)22(21(10-14)34-2)35-12-16-18(27)4-3-5-19(16)28/h3-11H,12H2,1-2H3,(H,30,32)(H,31,33)/b29-11+. The molecule has 2 amide bonds. The fourth-order valence-corrected chi connectivity index (χ4v) is 4.49. The largest absolute Gasteiger partial charge is 0.493 e. The summed E-state index contributed by atoms with van der Waals surface area (Å²) in [5, 5.41) is 7.39. The van der Waals surface area contributed by atoms with Crippen LogP contribution in [0.15, 0.2) is 62.6 Å². The Bertz CT molecular complexity index is 1280. The minimum absolute atomic E-state index is 0.129. The van der Waals surface area contributed by atoms with Gasteiger partial charge in [0.2, 0.25) is 0 Å². The highest BCUT2D eigenvalue weighted by atomic mass is 79.9. The molecule has 0 atom stereocenters. The molecule has 3 rings (SSSR count). The van der Waals surface area contributed by atoms with E-state index in [4.69, 9.17) is 32.7 Å². The van der Waals surface area contributed by atoms with Crippen LogP contribution in [0.25, 0.3) is 0 Å². The number of carbonyl (C=O) groups excluding carboxylic acids is 2. The van der Waals surface area contributed by atoms with Crippen LogP contribution in [0, 0.1) is 6.92 Å². The molecule has 7 nitrogen and oxygen atoms in total. The number of rotatable bonds is 7. The van der Waals surface area contributed by atoms with E-state index in [-0.39, 0.29) is 6.61 Å². The fourth-order valence-electron chi connectivity index (χ4n) is 2.93. The molecule has 0 spiro atoms. The topological polar surface area (TPSA) is 89.0 Å². The molecule has 0 aromatic heterocycles. The number of hydrazone groups is 1. The van der Waals surface area contributed by atoms with Crippen LogP contribution in [0.2, 0.25) is 10.0 Å². The lowest BCUT2D eigenvalue weighted by atomic mass is 10.2. The van der Waals surface area contributed by atoms with Crippen LogP contribution >= 0.6 is 55.1 Å². The van der Waals surface area contributed by atoms with Gasteiger partial charge in [0.1, 0.15) is 6.61 Å². The van der Waals surface area contributed by atoms with Crippen molar-refractivity contribution < 1.29 is 19.1 Å². The van der Waals surface area contributed by atoms with Crippen LogP contribution in [0.4, 0.5) is 5.69 Å². The highest BCUT2D eigenvalue weighted by molar-refractivity contribution is 9.10. The Balaban J connectivity index is 1.65. The number of halogens is 4. The van der Waals surface area contributed by atoms with Gasteiger partial charge >= 0.3 is 11.8 Å². The molecule has 0 aliphatic carbocycles. The number of nitrogens with one attached hydrogen (secondary N) is 2. The van der Waals surface area contributed by atoms with Gasteiger partial charge in [-0.2, -0.15) is 5.10 Å². The summed E-state index contributed by atoms with van der Waals surface area (Å²) >= 11 is 19.2. The molecule has 2 N–H and O–H groups in total. The van der Waals surface area contributed by atoms with Crippen LogP contribution in [-0.4, -0.2) is 25.1 Å². The Morgan fingerprint density at radius 2 is 1.77 bits per heavy atom. The molecule has 0 saturated heterocycles. The van der Waals surface area contributed by atoms with Crippen molar-refractivity contribution in [1.82, 2.24) is 5.43 Å². The van der Waals surface area contributed by atoms with Crippen molar-refractivity contribution in [3.63, 3.8) is 0 Å². The van der Waals surface area contributed by atoms with Gasteiger partial charge in [-0.1, -0.05) is 45.2 Å². The number of nitrogens with zero attached hydrogens (tertiary/aromatic N) is 1. The third kappa shape index (κ3) is 7.20. The Hall–Kier alpha value is -2.59. The summed E-state index contributed by atoms with van der Waals surface area (Å²) in [5.74, 6) is -0.896. The van der Waals surface area contributed by atoms with E-state index in [1.54, 1.807) is 42.5 Å². The van der Waals surface area contributed by atoms with E-state index in [1.807, 2.05) is 13.0 Å². The van der Waals surface area contributed by atoms with Crippen LogP contribution in [-0.2, 0) is 16.2 Å². The predicted molar refractivity (Wildman–Crippen MR) is 145 cm³/mol. The lowest BCUT2D eigenvalue weighted by Crippen LogP contribution is -2.32. The summed E-state index contributed by atoms with van der Waals surface area (Å²) in [5.41, 5.74) is 4.77. The van der Waals surface area contributed by atoms with Crippen molar-refractivity contribution in [1.29, 1.82) is 0 Å². The number of carbonyl (C=O) groups is 2. The van der Waals surface area contributed by atoms with Gasteiger partial charge in [0.15, 0.2) is 11.5 Å². The molecule has 0 bridgehead atoms. The summed E-state index contributed by atoms with van der Waals surface area (Å²) in [6.45, 7) is 1.95. The zero-order chi connectivity index (χ0) is 25.5. The zero-order valence-electron chi connectivity index (χ0n) is 18.5. The molecule has 0 unspecified atom stereocenters. The molecule has 35 heavy (non-hydrogen) atoms. The number of amides is 2. The molecule has 182 valence electrons. The highest BCUT2D eigenvalue weighted by Crippen LogP contribution is 2.37. The summed E-state index contributed by atoms with van der Waals surface area (Å²) in [6.07, 6.45) is 1.37. The van der Waals surface area contributed by atoms with Crippen LogP contribution in [0.3, 0.4) is 0 Å². The Kier molecular flexibility index (Phi) is 9.56. The maximum absolute atomic E-state index is 12.2. The summed E-state index contributed by atoms with van der Waals surface area (Å²) < 4.78 is 12.8. The molecular formula is C24H19Br2Cl2N3O4. The van der Waals surface area contributed by atoms with E-state index < -0.39 is 11.8 Å². The first-order valence-corrected chi connectivity index (χ1v) is 12.4. The lowest BCUT2D eigenvalue weighted by molar-refractivity contribution is -0.136. The molecule has 3 aromatic carbocycles. The van der Waals surface area contributed by atoms with Crippen molar-refractivity contribution in [2.45, 2.75) is 13.5 Å². The van der Waals surface area contributed by atoms with E-state index in [1.165, 1.54) is 13.3 Å². The van der Waals surface area contributed by atoms with E-state index in [9.17, 15) is 9.59 Å². The van der Waals surface area contributed by atoms with Gasteiger partial charge in [-0.3, -0.25) is 9.59 Å². The van der Waals surface area contributed by atoms with Gasteiger partial charge in [-0.25, -0.2) is 5.43 Å². The summed E-state index contributed by atoms with van der Waals surface area (Å²) in [7, 11) is 1.49. The molecule has 0 aliphatic heterocycles. The van der Waals surface area contributed by atoms with Crippen LogP contribution in [0.5, 0.6) is 11.5 Å². The Morgan fingerprint density at radius 3 is 2.43 bits per heavy atom. The first kappa shape index (κ1) is 27.0. The Morgan fingerprint density at radius 1 is 1.06 bits per heavy atom. The smallest absolute Gasteiger partial charge is 0.329 e. The number of ether oxygens (including phenoxy) is 2. The summed E-state index contributed by atoms with van der Waals surface area (Å²) in [4.78, 5) is 24.3. The van der Waals surface area contributed by atoms with Crippen molar-refractivity contribution in [3.8, 4) is 11.5 Å². The average molecular weight is 644 g/mol. The number of benzene rings is 3. The van der Waals surface area contributed by atoms with E-state index in [2.05, 4.69) is 47.7 Å². The third-order valence-corrected chi connectivity index (χ3v) is 6.49. The molecule has 0 heterocycles. The third-order valence-electron chi connectivity index (χ3n) is 4.70. The minimum atomic E-state index is -0.911. The Labute approximate surface area is 229 Å². The van der Waals surface area contributed by atoms with E-state index in [0.29, 0.717) is 42.8 Å². The van der Waals surface area contributed by atoms with Crippen molar-refractivity contribution >= 4 is 78.8 Å². The maximum atomic E-state index is 12.2. The van der Waals surface area contributed by atoms with Gasteiger partial charge in [-0.05, 0) is 76.4 Å². The zero-order valence-corrected chi connectivity index (χ0v) is 23.2. The fraction of sp³-hybridized carbons (Fsp3) is 0.125. The second kappa shape index (κ2) is 12.4. The van der Waals surface area contributed by atoms with Crippen molar-refractivity contribution in [2.24, 2.45) is 5.10 Å². The number of anilines is 1. The molecule has 11 heteroatoms. The van der Waals surface area contributed by atoms with Gasteiger partial charge in [-0.15, -0.1) is 0 Å². The number of hydrogen-bond donors (Lipinski definition) is 2. The van der Waals surface area contributed by atoms with Gasteiger partial charge in [0.05, 0.1) is 17.8 Å². The number of methoxy groups -OCH3 is 1. The van der Waals surface area contributed by atoms with Gasteiger partial charge in [0.25, 0.3) is 0 Å². The highest BCUT2D eigenvalue weighted by Gasteiger charge is 2.16. The maximum Gasteiger partial charge on any atom is 0.329 e. The van der Waals surface area contributed by atoms with Crippen LogP contribution in [0.1, 0.15) is 16.7 Å². The van der Waals surface area contributed by atoms with Crippen molar-refractivity contribution in [3.05, 3.63) is 84.2 Å². The normalized spacial score (nSPS) is 10.8. The molecule has 0 saturated carbocycles. The number of aryl methyl sites for hydroxylation is 1. The van der Waals surface area contributed by atoms with E-state index in [0.717, 1.165) is 10.0 Å². The van der Waals surface area contributed by atoms with Crippen LogP contribution < -0.4 is 20.2 Å². The SMILES string of the molecule is COc1cc(/C=N/NC(=O)C(=O)Nc2ccc(Br)cc2C)cc(Br)c1OCc1c(Cl)cccc1Cl. The summed E-state index contributed by atoms with van der Waals surface area (Å²) in [6, 6.07) is 13.9. The quantitative estimate of drug-likeness (QED) is 0.175. The minimum Gasteiger partial charge on any atom is -0.493 e. The lowest BCUT2D eigenvalue weighted by Gasteiger charge is -2.14. The average Bonchev–Trinajstić information content (AvgIpc) is 2.81. The van der Waals surface area contributed by atoms with Gasteiger partial charge < -0.3 is 14.8 Å².